The number of hydrogen-bond donors (Lipinski definition) is 1. The van der Waals surface area contributed by atoms with Gasteiger partial charge in [-0.05, 0) is 55.2 Å². The summed E-state index contributed by atoms with van der Waals surface area (Å²) in [6.07, 6.45) is 3.98. The molecule has 2 heterocycles. The number of anilines is 1. The number of nitrogens with one attached hydrogen (secondary N) is 1. The first-order valence-electron chi connectivity index (χ1n) is 9.86. The van der Waals surface area contributed by atoms with Crippen molar-refractivity contribution < 1.29 is 4.79 Å². The number of halogens is 1. The van der Waals surface area contributed by atoms with Crippen molar-refractivity contribution in [2.75, 3.05) is 18.4 Å². The second kappa shape index (κ2) is 8.25. The lowest BCUT2D eigenvalue weighted by Crippen LogP contribution is -2.42. The number of urea groups is 1. The number of piperidine rings is 1. The Bertz CT molecular complexity index is 1090. The predicted molar refractivity (Wildman–Crippen MR) is 116 cm³/mol. The number of carbonyl (C=O) groups excluding carboxylic acids is 1. The van der Waals surface area contributed by atoms with Crippen LogP contribution in [0, 0.1) is 0 Å². The van der Waals surface area contributed by atoms with E-state index in [2.05, 4.69) is 17.2 Å². The van der Waals surface area contributed by atoms with E-state index in [4.69, 9.17) is 11.6 Å². The first kappa shape index (κ1) is 19.5. The van der Waals surface area contributed by atoms with Gasteiger partial charge in [0.2, 0.25) is 0 Å². The highest BCUT2D eigenvalue weighted by molar-refractivity contribution is 6.31. The number of aromatic nitrogens is 2. The summed E-state index contributed by atoms with van der Waals surface area (Å²) in [4.78, 5) is 31.6. The molecule has 1 aliphatic rings. The molecule has 150 valence electrons. The molecule has 0 atom stereocenters. The third-order valence-corrected chi connectivity index (χ3v) is 5.74. The summed E-state index contributed by atoms with van der Waals surface area (Å²) in [5.41, 5.74) is 2.58. The van der Waals surface area contributed by atoms with Gasteiger partial charge in [0.05, 0.1) is 17.2 Å². The normalized spacial score (nSPS) is 14.9. The molecule has 1 fully saturated rings. The van der Waals surface area contributed by atoms with Crippen LogP contribution in [0.1, 0.15) is 31.4 Å². The lowest BCUT2D eigenvalue weighted by Gasteiger charge is -2.32. The summed E-state index contributed by atoms with van der Waals surface area (Å²) in [5, 5.41) is 4.00. The highest BCUT2D eigenvalue weighted by atomic mass is 35.5. The van der Waals surface area contributed by atoms with Gasteiger partial charge in [0.25, 0.3) is 5.56 Å². The van der Waals surface area contributed by atoms with Crippen LogP contribution in [0.2, 0.25) is 5.02 Å². The zero-order valence-electron chi connectivity index (χ0n) is 16.3. The van der Waals surface area contributed by atoms with Crippen LogP contribution < -0.4 is 10.9 Å². The van der Waals surface area contributed by atoms with Gasteiger partial charge in [0, 0.05) is 29.8 Å². The van der Waals surface area contributed by atoms with Gasteiger partial charge in [-0.25, -0.2) is 9.78 Å². The molecule has 1 aliphatic heterocycles. The Morgan fingerprint density at radius 2 is 1.90 bits per heavy atom. The molecule has 2 aromatic carbocycles. The monoisotopic (exact) mass is 410 g/mol. The molecule has 1 saturated heterocycles. The van der Waals surface area contributed by atoms with E-state index in [1.54, 1.807) is 34.0 Å². The maximum Gasteiger partial charge on any atom is 0.321 e. The third kappa shape index (κ3) is 4.12. The molecule has 0 aliphatic carbocycles. The molecule has 0 unspecified atom stereocenters. The highest BCUT2D eigenvalue weighted by Gasteiger charge is 2.25. The van der Waals surface area contributed by atoms with Gasteiger partial charge in [0.15, 0.2) is 0 Å². The minimum absolute atomic E-state index is 0.0197. The Balaban J connectivity index is 1.42. The van der Waals surface area contributed by atoms with E-state index in [1.165, 1.54) is 5.56 Å². The molecular formula is C22H23ClN4O2. The van der Waals surface area contributed by atoms with Crippen LogP contribution in [0.15, 0.2) is 53.6 Å². The van der Waals surface area contributed by atoms with Gasteiger partial charge < -0.3 is 10.2 Å². The molecule has 0 bridgehead atoms. The summed E-state index contributed by atoms with van der Waals surface area (Å²) in [5.74, 6) is 0. The molecule has 3 aromatic rings. The van der Waals surface area contributed by atoms with Crippen molar-refractivity contribution in [3.05, 3.63) is 69.7 Å². The van der Waals surface area contributed by atoms with Crippen molar-refractivity contribution in [1.29, 1.82) is 0 Å². The van der Waals surface area contributed by atoms with Gasteiger partial charge >= 0.3 is 6.03 Å². The topological polar surface area (TPSA) is 67.2 Å². The minimum Gasteiger partial charge on any atom is -0.324 e. The van der Waals surface area contributed by atoms with Crippen LogP contribution in [-0.4, -0.2) is 33.6 Å². The van der Waals surface area contributed by atoms with E-state index in [-0.39, 0.29) is 17.6 Å². The Kier molecular flexibility index (Phi) is 5.53. The van der Waals surface area contributed by atoms with Crippen molar-refractivity contribution in [2.24, 2.45) is 0 Å². The largest absolute Gasteiger partial charge is 0.324 e. The van der Waals surface area contributed by atoms with Crippen molar-refractivity contribution in [3.63, 3.8) is 0 Å². The maximum atomic E-state index is 12.9. The van der Waals surface area contributed by atoms with Crippen molar-refractivity contribution in [3.8, 4) is 0 Å². The Hall–Kier alpha value is -2.86. The second-order valence-electron chi connectivity index (χ2n) is 7.32. The Labute approximate surface area is 174 Å². The van der Waals surface area contributed by atoms with E-state index in [0.717, 1.165) is 12.1 Å². The Morgan fingerprint density at radius 3 is 2.59 bits per heavy atom. The molecule has 7 heteroatoms. The average molecular weight is 411 g/mol. The molecule has 6 nitrogen and oxygen atoms in total. The van der Waals surface area contributed by atoms with Crippen molar-refractivity contribution >= 4 is 34.2 Å². The second-order valence-corrected chi connectivity index (χ2v) is 7.75. The fraction of sp³-hybridized carbons (Fsp3) is 0.318. The summed E-state index contributed by atoms with van der Waals surface area (Å²) < 4.78 is 1.68. The molecule has 29 heavy (non-hydrogen) atoms. The van der Waals surface area contributed by atoms with Crippen molar-refractivity contribution in [2.45, 2.75) is 32.2 Å². The molecule has 2 amide bonds. The molecule has 1 N–H and O–H groups in total. The molecule has 0 radical (unpaired) electrons. The van der Waals surface area contributed by atoms with Gasteiger partial charge in [-0.15, -0.1) is 0 Å². The van der Waals surface area contributed by atoms with Crippen molar-refractivity contribution in [1.82, 2.24) is 14.5 Å². The number of nitrogens with zero attached hydrogens (tertiary/aromatic N) is 3. The number of hydrogen-bond acceptors (Lipinski definition) is 3. The van der Waals surface area contributed by atoms with E-state index < -0.39 is 0 Å². The number of benzene rings is 2. The number of fused-ring (bicyclic) bond motifs is 1. The lowest BCUT2D eigenvalue weighted by atomic mass is 10.0. The molecule has 0 saturated carbocycles. The number of rotatable bonds is 3. The van der Waals surface area contributed by atoms with Gasteiger partial charge in [-0.1, -0.05) is 30.7 Å². The standard InChI is InChI=1S/C22H23ClN4O2/c1-2-15-3-6-17(7-4-15)25-22(29)26-11-9-18(10-12-26)27-14-24-20-8-5-16(23)13-19(20)21(27)28/h3-8,13-14,18H,2,9-12H2,1H3,(H,25,29). The average Bonchev–Trinajstić information content (AvgIpc) is 2.75. The fourth-order valence-electron chi connectivity index (χ4n) is 3.74. The molecular weight excluding hydrogens is 388 g/mol. The Morgan fingerprint density at radius 1 is 1.17 bits per heavy atom. The third-order valence-electron chi connectivity index (χ3n) is 5.50. The zero-order valence-corrected chi connectivity index (χ0v) is 17.0. The molecule has 1 aromatic heterocycles. The van der Waals surface area contributed by atoms with Crippen LogP contribution in [0.4, 0.5) is 10.5 Å². The smallest absolute Gasteiger partial charge is 0.321 e. The maximum absolute atomic E-state index is 12.9. The van der Waals surface area contributed by atoms with E-state index in [0.29, 0.717) is 41.9 Å². The van der Waals surface area contributed by atoms with Crippen LogP contribution >= 0.6 is 11.6 Å². The zero-order chi connectivity index (χ0) is 20.4. The fourth-order valence-corrected chi connectivity index (χ4v) is 3.91. The van der Waals surface area contributed by atoms with Gasteiger partial charge in [0.1, 0.15) is 0 Å². The number of carbonyl (C=O) groups is 1. The molecule has 4 rings (SSSR count). The van der Waals surface area contributed by atoms with Crippen LogP contribution in [0.5, 0.6) is 0 Å². The number of likely N-dealkylation sites (tertiary alicyclic amines) is 1. The summed E-state index contributed by atoms with van der Waals surface area (Å²) >= 11 is 6.04. The van der Waals surface area contributed by atoms with Crippen LogP contribution in [0.25, 0.3) is 10.9 Å². The lowest BCUT2D eigenvalue weighted by molar-refractivity contribution is 0.182. The first-order valence-corrected chi connectivity index (χ1v) is 10.2. The van der Waals surface area contributed by atoms with Gasteiger partial charge in [-0.2, -0.15) is 0 Å². The quantitative estimate of drug-likeness (QED) is 0.692. The summed E-state index contributed by atoms with van der Waals surface area (Å²) in [7, 11) is 0. The first-order chi connectivity index (χ1) is 14.0. The SMILES string of the molecule is CCc1ccc(NC(=O)N2CCC(n3cnc4ccc(Cl)cc4c3=O)CC2)cc1. The van der Waals surface area contributed by atoms with E-state index in [1.807, 2.05) is 24.3 Å². The minimum atomic E-state index is -0.108. The van der Waals surface area contributed by atoms with Crippen LogP contribution in [0.3, 0.4) is 0 Å². The van der Waals surface area contributed by atoms with E-state index in [9.17, 15) is 9.59 Å². The van der Waals surface area contributed by atoms with Gasteiger partial charge in [-0.3, -0.25) is 9.36 Å². The molecule has 0 spiro atoms. The number of aryl methyl sites for hydroxylation is 1. The predicted octanol–water partition coefficient (Wildman–Crippen LogP) is 4.48. The van der Waals surface area contributed by atoms with E-state index >= 15 is 0 Å². The highest BCUT2D eigenvalue weighted by Crippen LogP contribution is 2.23. The summed E-state index contributed by atoms with van der Waals surface area (Å²) in [6.45, 7) is 3.27. The number of amides is 2. The van der Waals surface area contributed by atoms with Crippen LogP contribution in [-0.2, 0) is 6.42 Å². The summed E-state index contributed by atoms with van der Waals surface area (Å²) in [6, 6.07) is 12.9.